The van der Waals surface area contributed by atoms with Gasteiger partial charge in [0, 0.05) is 19.2 Å². The molecule has 0 fully saturated rings. The molecule has 0 saturated carbocycles. The summed E-state index contributed by atoms with van der Waals surface area (Å²) in [5.41, 5.74) is 4.39. The number of aryl methyl sites for hydroxylation is 1. The third-order valence-electron chi connectivity index (χ3n) is 6.68. The van der Waals surface area contributed by atoms with Crippen molar-refractivity contribution in [2.75, 3.05) is 0 Å². The van der Waals surface area contributed by atoms with Gasteiger partial charge in [0.1, 0.15) is 17.9 Å². The van der Waals surface area contributed by atoms with Crippen molar-refractivity contribution in [3.05, 3.63) is 136 Å². The highest BCUT2D eigenvalue weighted by atomic mass is 16.5. The van der Waals surface area contributed by atoms with Crippen molar-refractivity contribution in [1.29, 1.82) is 0 Å². The number of aromatic nitrogens is 3. The fourth-order valence-electron chi connectivity index (χ4n) is 4.65. The summed E-state index contributed by atoms with van der Waals surface area (Å²) in [5, 5.41) is 0. The van der Waals surface area contributed by atoms with E-state index in [2.05, 4.69) is 23.6 Å². The van der Waals surface area contributed by atoms with E-state index >= 15 is 0 Å². The van der Waals surface area contributed by atoms with Crippen LogP contribution in [0.5, 0.6) is 0 Å². The van der Waals surface area contributed by atoms with Crippen LogP contribution >= 0.6 is 0 Å². The zero-order valence-electron chi connectivity index (χ0n) is 21.5. The van der Waals surface area contributed by atoms with Gasteiger partial charge in [-0.15, -0.1) is 0 Å². The first-order valence-electron chi connectivity index (χ1n) is 13.1. The molecule has 0 spiro atoms. The molecule has 0 atom stereocenters. The van der Waals surface area contributed by atoms with Crippen molar-refractivity contribution < 1.29 is 9.53 Å². The van der Waals surface area contributed by atoms with Crippen molar-refractivity contribution in [2.24, 2.45) is 0 Å². The van der Waals surface area contributed by atoms with Crippen LogP contribution in [0.2, 0.25) is 0 Å². The largest absolute Gasteiger partial charge is 0.457 e. The van der Waals surface area contributed by atoms with E-state index in [0.29, 0.717) is 23.1 Å². The lowest BCUT2D eigenvalue weighted by atomic mass is 10.1. The molecule has 192 valence electrons. The normalized spacial score (nSPS) is 11.1. The van der Waals surface area contributed by atoms with Gasteiger partial charge in [0.2, 0.25) is 0 Å². The third-order valence-corrected chi connectivity index (χ3v) is 6.68. The maximum atomic E-state index is 13.8. The van der Waals surface area contributed by atoms with E-state index in [4.69, 9.17) is 9.72 Å². The number of unbranched alkanes of at least 4 members (excludes halogenated alkanes) is 1. The number of carbonyl (C=O) groups is 1. The Kier molecular flexibility index (Phi) is 7.78. The molecule has 5 aromatic rings. The van der Waals surface area contributed by atoms with Crippen LogP contribution in [-0.4, -0.2) is 20.1 Å². The first-order valence-corrected chi connectivity index (χ1v) is 13.1. The molecule has 6 nitrogen and oxygen atoms in total. The highest BCUT2D eigenvalue weighted by Crippen LogP contribution is 2.19. The Labute approximate surface area is 222 Å². The van der Waals surface area contributed by atoms with Crippen LogP contribution in [0.25, 0.3) is 11.0 Å². The maximum absolute atomic E-state index is 13.8. The predicted molar refractivity (Wildman–Crippen MR) is 149 cm³/mol. The first kappa shape index (κ1) is 25.2. The fourth-order valence-corrected chi connectivity index (χ4v) is 4.65. The predicted octanol–water partition coefficient (Wildman–Crippen LogP) is 5.99. The van der Waals surface area contributed by atoms with Crippen LogP contribution in [0, 0.1) is 0 Å². The van der Waals surface area contributed by atoms with E-state index in [0.717, 1.165) is 41.8 Å². The maximum Gasteiger partial charge on any atom is 0.338 e. The van der Waals surface area contributed by atoms with E-state index in [-0.39, 0.29) is 18.7 Å². The van der Waals surface area contributed by atoms with Crippen LogP contribution < -0.4 is 5.56 Å². The number of imidazole rings is 1. The molecule has 0 amide bonds. The van der Waals surface area contributed by atoms with Gasteiger partial charge < -0.3 is 13.9 Å². The molecule has 6 heteroatoms. The van der Waals surface area contributed by atoms with Crippen molar-refractivity contribution in [1.82, 2.24) is 14.1 Å². The summed E-state index contributed by atoms with van der Waals surface area (Å²) < 4.78 is 9.28. The number of esters is 1. The van der Waals surface area contributed by atoms with E-state index < -0.39 is 5.97 Å². The average Bonchev–Trinajstić information content (AvgIpc) is 3.31. The second kappa shape index (κ2) is 11.7. The van der Waals surface area contributed by atoms with Gasteiger partial charge in [0.15, 0.2) is 0 Å². The Morgan fingerprint density at radius 1 is 0.842 bits per heavy atom. The molecule has 2 aromatic heterocycles. The van der Waals surface area contributed by atoms with Gasteiger partial charge >= 0.3 is 5.97 Å². The van der Waals surface area contributed by atoms with Crippen LogP contribution in [-0.2, 0) is 30.9 Å². The average molecular weight is 506 g/mol. The quantitative estimate of drug-likeness (QED) is 0.219. The number of benzene rings is 3. The second-order valence-electron chi connectivity index (χ2n) is 9.40. The van der Waals surface area contributed by atoms with E-state index in [1.54, 1.807) is 16.8 Å². The van der Waals surface area contributed by atoms with Crippen molar-refractivity contribution in [3.8, 4) is 0 Å². The lowest BCUT2D eigenvalue weighted by molar-refractivity contribution is 0.0471. The van der Waals surface area contributed by atoms with E-state index in [9.17, 15) is 9.59 Å². The molecule has 0 radical (unpaired) electrons. The Hall–Kier alpha value is -4.45. The Morgan fingerprint density at radius 2 is 1.53 bits per heavy atom. The number of hydrogen-bond acceptors (Lipinski definition) is 4. The summed E-state index contributed by atoms with van der Waals surface area (Å²) in [5.74, 6) is 0.514. The zero-order chi connectivity index (χ0) is 26.3. The monoisotopic (exact) mass is 505 g/mol. The number of rotatable bonds is 10. The number of pyridine rings is 1. The summed E-state index contributed by atoms with van der Waals surface area (Å²) >= 11 is 0. The molecule has 5 rings (SSSR count). The minimum Gasteiger partial charge on any atom is -0.457 e. The molecule has 0 aliphatic heterocycles. The van der Waals surface area contributed by atoms with E-state index in [1.165, 1.54) is 0 Å². The number of carbonyl (C=O) groups excluding carboxylic acids is 1. The second-order valence-corrected chi connectivity index (χ2v) is 9.40. The molecule has 0 saturated heterocycles. The highest BCUT2D eigenvalue weighted by molar-refractivity contribution is 5.91. The standard InChI is InChI=1S/C32H31N3O3/c1-2-3-18-29-33-28-19-20-34(31(36)30(28)35(29)21-24-12-6-4-7-13-24)22-26-16-10-11-17-27(26)32(37)38-23-25-14-8-5-9-15-25/h4-17,19-20H,2-3,18,21-23H2,1H3. The van der Waals surface area contributed by atoms with Gasteiger partial charge in [-0.05, 0) is 35.2 Å². The van der Waals surface area contributed by atoms with Crippen molar-refractivity contribution in [3.63, 3.8) is 0 Å². The number of hydrogen-bond donors (Lipinski definition) is 0. The topological polar surface area (TPSA) is 66.1 Å². The first-order chi connectivity index (χ1) is 18.6. The number of ether oxygens (including phenoxy) is 1. The van der Waals surface area contributed by atoms with Crippen LogP contribution in [0.1, 0.15) is 52.6 Å². The Morgan fingerprint density at radius 3 is 2.26 bits per heavy atom. The molecule has 0 N–H and O–H groups in total. The molecule has 2 heterocycles. The highest BCUT2D eigenvalue weighted by Gasteiger charge is 2.18. The van der Waals surface area contributed by atoms with Crippen LogP contribution in [0.4, 0.5) is 0 Å². The van der Waals surface area contributed by atoms with Crippen molar-refractivity contribution in [2.45, 2.75) is 45.9 Å². The SMILES string of the molecule is CCCCc1nc2ccn(Cc3ccccc3C(=O)OCc3ccccc3)c(=O)c2n1Cc1ccccc1. The minimum atomic E-state index is -0.408. The smallest absolute Gasteiger partial charge is 0.338 e. The fraction of sp³-hybridized carbons (Fsp3) is 0.219. The molecule has 0 aliphatic rings. The lowest BCUT2D eigenvalue weighted by Crippen LogP contribution is -2.23. The van der Waals surface area contributed by atoms with Gasteiger partial charge in [0.05, 0.1) is 17.6 Å². The Balaban J connectivity index is 1.47. The van der Waals surface area contributed by atoms with E-state index in [1.807, 2.05) is 72.8 Å². The lowest BCUT2D eigenvalue weighted by Gasteiger charge is -2.13. The van der Waals surface area contributed by atoms with Crippen LogP contribution in [0.3, 0.4) is 0 Å². The number of fused-ring (bicyclic) bond motifs is 1. The van der Waals surface area contributed by atoms with Crippen molar-refractivity contribution >= 4 is 17.0 Å². The summed E-state index contributed by atoms with van der Waals surface area (Å²) in [6.45, 7) is 3.18. The molecule has 0 unspecified atom stereocenters. The number of nitrogens with zero attached hydrogens (tertiary/aromatic N) is 3. The van der Waals surface area contributed by atoms with Gasteiger partial charge in [-0.1, -0.05) is 92.2 Å². The zero-order valence-corrected chi connectivity index (χ0v) is 21.5. The van der Waals surface area contributed by atoms with Gasteiger partial charge in [-0.2, -0.15) is 0 Å². The third kappa shape index (κ3) is 5.59. The summed E-state index contributed by atoms with van der Waals surface area (Å²) in [4.78, 5) is 31.6. The summed E-state index contributed by atoms with van der Waals surface area (Å²) in [7, 11) is 0. The minimum absolute atomic E-state index is 0.124. The van der Waals surface area contributed by atoms with Gasteiger partial charge in [-0.3, -0.25) is 4.79 Å². The van der Waals surface area contributed by atoms with Gasteiger partial charge in [-0.25, -0.2) is 9.78 Å². The Bertz CT molecular complexity index is 1590. The molecule has 38 heavy (non-hydrogen) atoms. The molecule has 0 aliphatic carbocycles. The molecule has 0 bridgehead atoms. The summed E-state index contributed by atoms with van der Waals surface area (Å²) in [6.07, 6.45) is 4.63. The van der Waals surface area contributed by atoms with Gasteiger partial charge in [0.25, 0.3) is 5.56 Å². The molecular formula is C32H31N3O3. The molecular weight excluding hydrogens is 474 g/mol. The molecule has 3 aromatic carbocycles. The summed E-state index contributed by atoms with van der Waals surface area (Å²) in [6, 6.07) is 28.9. The van der Waals surface area contributed by atoms with Crippen LogP contribution in [0.15, 0.2) is 102 Å².